The van der Waals surface area contributed by atoms with Crippen LogP contribution in [0.1, 0.15) is 84.1 Å². The maximum absolute atomic E-state index is 15.3. The van der Waals surface area contributed by atoms with E-state index < -0.39 is 93.5 Å². The number of carbonyl (C=O) groups is 8. The Morgan fingerprint density at radius 3 is 1.97 bits per heavy atom. The monoisotopic (exact) mass is 1530 g/mol. The summed E-state index contributed by atoms with van der Waals surface area (Å²) in [7, 11) is 2.16. The average Bonchev–Trinajstić information content (AvgIpc) is 1.81. The number of unbranched alkanes of at least 4 members (excludes halogenated alkanes) is 1. The average molecular weight is 1530 g/mol. The quantitative estimate of drug-likeness (QED) is 0.0353. The number of benzene rings is 2. The first-order valence-corrected chi connectivity index (χ1v) is 38.5. The van der Waals surface area contributed by atoms with Crippen molar-refractivity contribution in [3.8, 4) is 22.8 Å². The van der Waals surface area contributed by atoms with Crippen LogP contribution in [0.15, 0.2) is 47.0 Å². The molecule has 0 unspecified atom stereocenters. The van der Waals surface area contributed by atoms with Crippen molar-refractivity contribution < 1.29 is 89.2 Å². The Morgan fingerprint density at radius 1 is 0.729 bits per heavy atom. The van der Waals surface area contributed by atoms with E-state index in [0.29, 0.717) is 167 Å². The van der Waals surface area contributed by atoms with Gasteiger partial charge in [-0.25, -0.2) is 23.0 Å². The van der Waals surface area contributed by atoms with Gasteiger partial charge in [0.25, 0.3) is 5.91 Å². The summed E-state index contributed by atoms with van der Waals surface area (Å²) < 4.78 is 92.7. The molecule has 5 rings (SSSR count). The van der Waals surface area contributed by atoms with Crippen LogP contribution in [0.3, 0.4) is 0 Å². The van der Waals surface area contributed by atoms with Crippen molar-refractivity contribution in [2.45, 2.75) is 115 Å². The number of anilines is 2. The van der Waals surface area contributed by atoms with Crippen molar-refractivity contribution in [1.29, 1.82) is 0 Å². The molecule has 107 heavy (non-hydrogen) atoms. The third-order valence-corrected chi connectivity index (χ3v) is 18.3. The molecular formula is C71H114F2N16O17S. The highest BCUT2D eigenvalue weighted by Gasteiger charge is 2.40. The van der Waals surface area contributed by atoms with E-state index in [9.17, 15) is 47.0 Å². The van der Waals surface area contributed by atoms with Gasteiger partial charge in [0, 0.05) is 114 Å². The number of primary amides is 1. The Morgan fingerprint density at radius 2 is 1.34 bits per heavy atom. The van der Waals surface area contributed by atoms with E-state index in [-0.39, 0.29) is 105 Å². The van der Waals surface area contributed by atoms with Gasteiger partial charge in [-0.1, -0.05) is 13.8 Å². The minimum atomic E-state index is -3.40. The summed E-state index contributed by atoms with van der Waals surface area (Å²) in [6.45, 7) is 13.6. The molecule has 3 heterocycles. The molecule has 2 aliphatic heterocycles. The van der Waals surface area contributed by atoms with E-state index >= 15 is 4.39 Å². The number of halogens is 2. The third kappa shape index (κ3) is 35.4. The normalized spacial score (nSPS) is 15.7. The number of rotatable bonds is 50. The number of nitrogens with zero attached hydrogens (tertiary/aromatic N) is 7. The summed E-state index contributed by atoms with van der Waals surface area (Å²) >= 11 is 0. The zero-order valence-electron chi connectivity index (χ0n) is 63.0. The molecule has 33 nitrogen and oxygen atoms in total. The number of aromatic nitrogens is 2. The number of likely N-dealkylation sites (tertiary alicyclic amines) is 1. The fourth-order valence-corrected chi connectivity index (χ4v) is 12.5. The molecule has 1 fully saturated rings. The minimum Gasteiger partial charge on any atom is -0.493 e. The van der Waals surface area contributed by atoms with Gasteiger partial charge in [0.1, 0.15) is 47.2 Å². The zero-order valence-corrected chi connectivity index (χ0v) is 63.8. The van der Waals surface area contributed by atoms with Gasteiger partial charge >= 0.3 is 0 Å². The number of ether oxygens (including phenoxy) is 8. The van der Waals surface area contributed by atoms with Crippen molar-refractivity contribution in [1.82, 2.24) is 56.2 Å². The first-order valence-electron chi connectivity index (χ1n) is 36.5. The maximum Gasteiger partial charge on any atom is 0.276 e. The van der Waals surface area contributed by atoms with Gasteiger partial charge in [0.2, 0.25) is 47.3 Å². The molecule has 600 valence electrons. The van der Waals surface area contributed by atoms with Gasteiger partial charge in [-0.05, 0) is 95.9 Å². The molecule has 2 aromatic carbocycles. The Kier molecular flexibility index (Phi) is 41.4. The number of hydrogen-bond acceptors (Lipinski definition) is 25. The summed E-state index contributed by atoms with van der Waals surface area (Å²) in [5.74, 6) is -6.41. The topological polar surface area (TPSA) is 429 Å². The maximum atomic E-state index is 15.3. The highest BCUT2D eigenvalue weighted by molar-refractivity contribution is 7.92. The SMILES string of the molecule is CC(C)[C@H](NC(=O)[C@@H]1CCCN1C(=O)[C@H](CC(N)=O)NC(=O)CN(C)CCN(C)CCN(C)CCNC(=O)[C@H](CCCCNC(=O)CCOCCOCCOCCN)NC(=O)CCOCCOCCOCCN)C(=O)N=[S@](C)(=O)Cc1cc2cc(c1)O[C@H](C)CCOc1cc(F)ccc1-c1nc(ncc1F)N2. The van der Waals surface area contributed by atoms with Crippen LogP contribution in [-0.4, -0.2) is 297 Å². The van der Waals surface area contributed by atoms with E-state index in [1.54, 1.807) is 50.9 Å². The van der Waals surface area contributed by atoms with Crippen LogP contribution in [0.5, 0.6) is 11.5 Å². The lowest BCUT2D eigenvalue weighted by Gasteiger charge is -2.30. The van der Waals surface area contributed by atoms with E-state index in [1.807, 2.05) is 19.0 Å². The summed E-state index contributed by atoms with van der Waals surface area (Å²) in [6, 6.07) is 3.94. The number of amides is 8. The second-order valence-electron chi connectivity index (χ2n) is 26.7. The number of fused-ring (bicyclic) bond motifs is 6. The van der Waals surface area contributed by atoms with E-state index in [4.69, 9.17) is 55.1 Å². The molecule has 0 spiro atoms. The van der Waals surface area contributed by atoms with Crippen LogP contribution in [0.25, 0.3) is 11.3 Å². The van der Waals surface area contributed by atoms with Crippen molar-refractivity contribution in [2.75, 3.05) is 191 Å². The molecule has 12 N–H and O–H groups in total. The predicted molar refractivity (Wildman–Crippen MR) is 396 cm³/mol. The standard InChI is InChI=1S/C71H114F2N16O17S/c1-49(2)65(69(96)85-107(7,98)48-51-41-53-44-54(42-51)106-50(3)15-30-105-60-43-52(72)13-14-55(60)66-56(73)46-79-71(80-53)84-66)83-68(95)59-12-10-22-89(59)70(97)58(45-61(76)90)82-64(93)47-88(6)27-26-87(5)25-24-86(4)23-21-78-67(94)57(81-63(92)17-29-100-34-38-104-40-36-102-32-19-75)11-8-9-20-77-62(91)16-28-99-33-37-103-39-35-101-31-18-74/h13-14,41-44,46,49-50,57-59,65H,8-12,15-40,45,47-48,74-75H2,1-7H3,(H2,76,90)(H,77,91)(H,78,94)(H,81,92)(H,82,93)(H,83,95)(H,79,80,84)/t50-,57+,58+,59+,65+,107-/m1/s1. The molecule has 1 aromatic heterocycles. The first kappa shape index (κ1) is 89.9. The smallest absolute Gasteiger partial charge is 0.276 e. The lowest BCUT2D eigenvalue weighted by Crippen LogP contribution is -2.57. The minimum absolute atomic E-state index is 0.0290. The molecule has 0 aliphatic carbocycles. The van der Waals surface area contributed by atoms with Crippen LogP contribution in [0.4, 0.5) is 20.4 Å². The van der Waals surface area contributed by atoms with Crippen molar-refractivity contribution in [3.63, 3.8) is 0 Å². The molecule has 6 atom stereocenters. The molecule has 3 aromatic rings. The zero-order chi connectivity index (χ0) is 78.1. The van der Waals surface area contributed by atoms with Crippen LogP contribution in [0.2, 0.25) is 0 Å². The van der Waals surface area contributed by atoms with Crippen LogP contribution in [0, 0.1) is 17.6 Å². The van der Waals surface area contributed by atoms with Crippen molar-refractivity contribution in [2.24, 2.45) is 27.5 Å². The number of carbonyl (C=O) groups excluding carboxylic acids is 8. The van der Waals surface area contributed by atoms with Crippen LogP contribution < -0.4 is 58.6 Å². The molecule has 0 radical (unpaired) electrons. The largest absolute Gasteiger partial charge is 0.493 e. The fourth-order valence-electron chi connectivity index (χ4n) is 11.2. The highest BCUT2D eigenvalue weighted by Crippen LogP contribution is 2.34. The lowest BCUT2D eigenvalue weighted by molar-refractivity contribution is -0.143. The van der Waals surface area contributed by atoms with Gasteiger partial charge in [-0.3, -0.25) is 43.3 Å². The van der Waals surface area contributed by atoms with Gasteiger partial charge in [-0.15, -0.1) is 0 Å². The summed E-state index contributed by atoms with van der Waals surface area (Å²) in [6.07, 6.45) is 3.79. The Balaban J connectivity index is 1.07. The Bertz CT molecular complexity index is 3420. The third-order valence-electron chi connectivity index (χ3n) is 16.9. The van der Waals surface area contributed by atoms with Crippen molar-refractivity contribution >= 4 is 68.6 Å². The summed E-state index contributed by atoms with van der Waals surface area (Å²) in [5, 5.41) is 17.1. The number of nitrogens with one attached hydrogen (secondary N) is 6. The van der Waals surface area contributed by atoms with E-state index in [2.05, 4.69) is 51.1 Å². The second kappa shape index (κ2) is 49.3. The molecule has 0 saturated carbocycles. The predicted octanol–water partition coefficient (Wildman–Crippen LogP) is 0.812. The second-order valence-corrected chi connectivity index (χ2v) is 29.1. The van der Waals surface area contributed by atoms with Gasteiger partial charge in [-0.2, -0.15) is 4.36 Å². The Hall–Kier alpha value is -7.75. The molecule has 36 heteroatoms. The molecular weight excluding hydrogens is 1420 g/mol. The van der Waals surface area contributed by atoms with Crippen LogP contribution >= 0.6 is 0 Å². The molecule has 2 aliphatic rings. The Labute approximate surface area is 626 Å². The van der Waals surface area contributed by atoms with Crippen molar-refractivity contribution in [3.05, 3.63) is 59.8 Å². The highest BCUT2D eigenvalue weighted by atomic mass is 32.2. The number of hydrogen-bond donors (Lipinski definition) is 9. The number of nitrogens with two attached hydrogens (primary N) is 3. The molecule has 4 bridgehead atoms. The first-order chi connectivity index (χ1) is 51.2. The molecule has 8 amide bonds. The van der Waals surface area contributed by atoms with Gasteiger partial charge in [0.05, 0.1) is 127 Å². The molecule has 1 saturated heterocycles. The van der Waals surface area contributed by atoms with E-state index in [1.165, 1.54) is 17.2 Å². The summed E-state index contributed by atoms with van der Waals surface area (Å²) in [5.41, 5.74) is 17.3. The fraction of sp³-hybridized carbons (Fsp3) is 0.662. The van der Waals surface area contributed by atoms with E-state index in [0.717, 1.165) is 18.3 Å². The lowest BCUT2D eigenvalue weighted by atomic mass is 10.0. The van der Waals surface area contributed by atoms with Gasteiger partial charge < -0.3 is 102 Å². The van der Waals surface area contributed by atoms with Crippen LogP contribution in [-0.2, 0) is 82.3 Å². The summed E-state index contributed by atoms with van der Waals surface area (Å²) in [4.78, 5) is 123. The van der Waals surface area contributed by atoms with Gasteiger partial charge in [0.15, 0.2) is 5.82 Å². The number of likely N-dealkylation sites (N-methyl/N-ethyl adjacent to an activating group) is 3.